The van der Waals surface area contributed by atoms with Gasteiger partial charge in [-0.1, -0.05) is 69.2 Å². The summed E-state index contributed by atoms with van der Waals surface area (Å²) in [4.78, 5) is 69.9. The maximum absolute atomic E-state index is 14.9. The molecule has 0 aliphatic carbocycles. The minimum absolute atomic E-state index is 0.0683. The van der Waals surface area contributed by atoms with Gasteiger partial charge in [-0.2, -0.15) is 0 Å². The summed E-state index contributed by atoms with van der Waals surface area (Å²) in [5.41, 5.74) is 13.2. The second-order valence-electron chi connectivity index (χ2n) is 14.4. The van der Waals surface area contributed by atoms with E-state index >= 15 is 0 Å². The van der Waals surface area contributed by atoms with Crippen molar-refractivity contribution >= 4 is 23.5 Å². The highest BCUT2D eigenvalue weighted by Crippen LogP contribution is 2.39. The standard InChI is InChI=1S/C46H66N4O6/c1-13-25-29(17-5)39(47-35(25)37-27(15-3)31(19-7)41(49-37)45(53)55-23-11)43(51)33(21-9)34(22-10)44(52)40-30(18-6)26(14-2)36(48-40)38-28(16-4)32(20-8)42(50-38)46(54)56-24-12/h33-34,47-50H,13-24H2,1-12H3. The third-order valence-electron chi connectivity index (χ3n) is 11.7. The molecule has 2 unspecified atom stereocenters. The molecule has 0 spiro atoms. The first-order valence-corrected chi connectivity index (χ1v) is 21.3. The van der Waals surface area contributed by atoms with E-state index in [1.807, 2.05) is 27.7 Å². The van der Waals surface area contributed by atoms with Gasteiger partial charge < -0.3 is 29.4 Å². The van der Waals surface area contributed by atoms with Gasteiger partial charge in [-0.05, 0) is 123 Å². The van der Waals surface area contributed by atoms with E-state index < -0.39 is 11.8 Å². The number of Topliss-reactive ketones (excluding diaryl/α,β-unsaturated/α-hetero) is 2. The van der Waals surface area contributed by atoms with Crippen molar-refractivity contribution in [1.82, 2.24) is 19.9 Å². The third-order valence-corrected chi connectivity index (χ3v) is 11.7. The van der Waals surface area contributed by atoms with E-state index in [1.165, 1.54) is 0 Å². The minimum Gasteiger partial charge on any atom is -0.461 e. The lowest BCUT2D eigenvalue weighted by Gasteiger charge is -2.23. The van der Waals surface area contributed by atoms with Gasteiger partial charge in [0.15, 0.2) is 11.6 Å². The van der Waals surface area contributed by atoms with Crippen LogP contribution >= 0.6 is 0 Å². The normalized spacial score (nSPS) is 12.6. The Hall–Kier alpha value is -4.60. The van der Waals surface area contributed by atoms with Crippen molar-refractivity contribution in [2.24, 2.45) is 11.8 Å². The average molecular weight is 771 g/mol. The van der Waals surface area contributed by atoms with E-state index in [0.717, 1.165) is 67.3 Å². The fourth-order valence-electron chi connectivity index (χ4n) is 9.14. The molecule has 306 valence electrons. The summed E-state index contributed by atoms with van der Waals surface area (Å²) in [7, 11) is 0. The summed E-state index contributed by atoms with van der Waals surface area (Å²) < 4.78 is 10.8. The Morgan fingerprint density at radius 3 is 0.821 bits per heavy atom. The number of carbonyl (C=O) groups is 4. The Morgan fingerprint density at radius 2 is 0.607 bits per heavy atom. The molecule has 4 rings (SSSR count). The largest absolute Gasteiger partial charge is 0.461 e. The van der Waals surface area contributed by atoms with Gasteiger partial charge >= 0.3 is 11.9 Å². The molecule has 10 heteroatoms. The number of nitrogens with one attached hydrogen (secondary N) is 4. The van der Waals surface area contributed by atoms with Crippen LogP contribution in [0.4, 0.5) is 0 Å². The molecule has 10 nitrogen and oxygen atoms in total. The zero-order valence-electron chi connectivity index (χ0n) is 36.1. The maximum Gasteiger partial charge on any atom is 0.355 e. The summed E-state index contributed by atoms with van der Waals surface area (Å²) in [5.74, 6) is -2.03. The Bertz CT molecular complexity index is 1890. The van der Waals surface area contributed by atoms with E-state index in [2.05, 4.69) is 61.5 Å². The van der Waals surface area contributed by atoms with Gasteiger partial charge in [-0.3, -0.25) is 9.59 Å². The smallest absolute Gasteiger partial charge is 0.355 e. The van der Waals surface area contributed by atoms with Crippen molar-refractivity contribution in [1.29, 1.82) is 0 Å². The molecule has 0 amide bonds. The molecule has 0 bridgehead atoms. The Labute approximate surface area is 333 Å². The predicted octanol–water partition coefficient (Wildman–Crippen LogP) is 10.3. The van der Waals surface area contributed by atoms with Gasteiger partial charge in [0.1, 0.15) is 11.4 Å². The summed E-state index contributed by atoms with van der Waals surface area (Å²) in [6, 6.07) is 0. The van der Waals surface area contributed by atoms with Crippen LogP contribution in [0.25, 0.3) is 22.8 Å². The number of aromatic amines is 4. The fourth-order valence-corrected chi connectivity index (χ4v) is 9.14. The van der Waals surface area contributed by atoms with Gasteiger partial charge in [0.2, 0.25) is 0 Å². The Kier molecular flexibility index (Phi) is 15.4. The lowest BCUT2D eigenvalue weighted by Crippen LogP contribution is -2.31. The molecular weight excluding hydrogens is 705 g/mol. The van der Waals surface area contributed by atoms with Crippen molar-refractivity contribution in [2.75, 3.05) is 13.2 Å². The number of hydrogen-bond acceptors (Lipinski definition) is 6. The van der Waals surface area contributed by atoms with E-state index in [0.29, 0.717) is 87.0 Å². The highest BCUT2D eigenvalue weighted by molar-refractivity contribution is 6.06. The number of hydrogen-bond donors (Lipinski definition) is 4. The lowest BCUT2D eigenvalue weighted by molar-refractivity contribution is 0.0509. The van der Waals surface area contributed by atoms with E-state index in [4.69, 9.17) is 9.47 Å². The van der Waals surface area contributed by atoms with Crippen LogP contribution in [0.5, 0.6) is 0 Å². The quantitative estimate of drug-likeness (QED) is 0.0489. The highest BCUT2D eigenvalue weighted by atomic mass is 16.5. The topological polar surface area (TPSA) is 150 Å². The molecule has 0 aliphatic heterocycles. The zero-order valence-corrected chi connectivity index (χ0v) is 36.1. The van der Waals surface area contributed by atoms with Crippen molar-refractivity contribution in [3.8, 4) is 22.8 Å². The van der Waals surface area contributed by atoms with Crippen molar-refractivity contribution in [3.63, 3.8) is 0 Å². The molecule has 4 N–H and O–H groups in total. The first kappa shape index (κ1) is 44.1. The fraction of sp³-hybridized carbons (Fsp3) is 0.565. The lowest BCUT2D eigenvalue weighted by atomic mass is 9.78. The number of esters is 2. The van der Waals surface area contributed by atoms with Gasteiger partial charge in [0, 0.05) is 11.8 Å². The van der Waals surface area contributed by atoms with Crippen LogP contribution in [0.15, 0.2) is 0 Å². The second-order valence-corrected chi connectivity index (χ2v) is 14.4. The summed E-state index contributed by atoms with van der Waals surface area (Å²) >= 11 is 0. The second kappa shape index (κ2) is 19.5. The van der Waals surface area contributed by atoms with Gasteiger partial charge in [0.25, 0.3) is 0 Å². The highest BCUT2D eigenvalue weighted by Gasteiger charge is 2.38. The van der Waals surface area contributed by atoms with Gasteiger partial charge in [0.05, 0.1) is 47.4 Å². The molecule has 0 fully saturated rings. The molecule has 0 radical (unpaired) electrons. The van der Waals surface area contributed by atoms with Crippen LogP contribution in [0, 0.1) is 11.8 Å². The maximum atomic E-state index is 14.9. The summed E-state index contributed by atoms with van der Waals surface area (Å²) in [5, 5.41) is 0. The van der Waals surface area contributed by atoms with Crippen molar-refractivity contribution in [3.05, 3.63) is 67.3 Å². The molecule has 0 saturated carbocycles. The monoisotopic (exact) mass is 770 g/mol. The SMILES string of the molecule is CCOC(=O)c1[nH]c(-c2[nH]c(C(=O)C(CC)C(CC)C(=O)c3[nH]c(-c4[nH]c(C(=O)OCC)c(CC)c4CC)c(CC)c3CC)c(CC)c2CC)c(CC)c1CC. The van der Waals surface area contributed by atoms with E-state index in [9.17, 15) is 19.2 Å². The zero-order chi connectivity index (χ0) is 41.4. The van der Waals surface area contributed by atoms with Crippen LogP contribution in [0.2, 0.25) is 0 Å². The Morgan fingerprint density at radius 1 is 0.375 bits per heavy atom. The molecule has 56 heavy (non-hydrogen) atoms. The molecule has 4 heterocycles. The summed E-state index contributed by atoms with van der Waals surface area (Å²) in [6.45, 7) is 24.7. The molecule has 4 aromatic rings. The number of H-pyrrole nitrogens is 4. The number of ketones is 2. The van der Waals surface area contributed by atoms with Gasteiger partial charge in [-0.25, -0.2) is 9.59 Å². The first-order valence-electron chi connectivity index (χ1n) is 21.3. The number of rotatable bonds is 21. The predicted molar refractivity (Wildman–Crippen MR) is 224 cm³/mol. The van der Waals surface area contributed by atoms with Crippen LogP contribution < -0.4 is 0 Å². The number of aromatic nitrogens is 4. The number of carbonyl (C=O) groups excluding carboxylic acids is 4. The van der Waals surface area contributed by atoms with Crippen molar-refractivity contribution < 1.29 is 28.7 Å². The third kappa shape index (κ3) is 7.85. The van der Waals surface area contributed by atoms with Crippen LogP contribution in [-0.4, -0.2) is 56.7 Å². The molecule has 0 aliphatic rings. The molecule has 0 aromatic carbocycles. The molecular formula is C46H66N4O6. The Balaban J connectivity index is 1.86. The minimum atomic E-state index is -0.565. The number of ether oxygens (including phenoxy) is 2. The van der Waals surface area contributed by atoms with Crippen LogP contribution in [-0.2, 0) is 60.8 Å². The van der Waals surface area contributed by atoms with Crippen molar-refractivity contribution in [2.45, 2.75) is 147 Å². The van der Waals surface area contributed by atoms with Gasteiger partial charge in [-0.15, -0.1) is 0 Å². The summed E-state index contributed by atoms with van der Waals surface area (Å²) in [6.07, 6.45) is 6.37. The van der Waals surface area contributed by atoms with E-state index in [-0.39, 0.29) is 36.7 Å². The van der Waals surface area contributed by atoms with E-state index in [1.54, 1.807) is 13.8 Å². The first-order chi connectivity index (χ1) is 27.0. The average Bonchev–Trinajstić information content (AvgIpc) is 3.97. The molecule has 0 saturated heterocycles. The van der Waals surface area contributed by atoms with Crippen LogP contribution in [0.1, 0.15) is 182 Å². The van der Waals surface area contributed by atoms with Crippen LogP contribution in [0.3, 0.4) is 0 Å². The molecule has 4 aromatic heterocycles. The molecule has 2 atom stereocenters.